The van der Waals surface area contributed by atoms with Crippen LogP contribution < -0.4 is 10.6 Å². The third-order valence-electron chi connectivity index (χ3n) is 5.35. The Labute approximate surface area is 167 Å². The van der Waals surface area contributed by atoms with E-state index in [4.69, 9.17) is 0 Å². The minimum absolute atomic E-state index is 0.0569. The molecule has 1 aliphatic rings. The largest absolute Gasteiger partial charge is 0.325 e. The number of carbonyl (C=O) groups is 1. The monoisotopic (exact) mass is 400 g/mol. The van der Waals surface area contributed by atoms with Gasteiger partial charge in [-0.05, 0) is 73.9 Å². The second-order valence-electron chi connectivity index (χ2n) is 7.63. The fourth-order valence-electron chi connectivity index (χ4n) is 3.55. The van der Waals surface area contributed by atoms with Crippen molar-refractivity contribution in [2.24, 2.45) is 0 Å². The Bertz CT molecular complexity index is 983. The van der Waals surface area contributed by atoms with E-state index in [-0.39, 0.29) is 23.4 Å². The molecule has 0 radical (unpaired) electrons. The quantitative estimate of drug-likeness (QED) is 0.777. The zero-order valence-electron chi connectivity index (χ0n) is 16.7. The predicted molar refractivity (Wildman–Crippen MR) is 112 cm³/mol. The molecule has 0 heterocycles. The molecule has 0 bridgehead atoms. The Morgan fingerprint density at radius 1 is 1.07 bits per heavy atom. The number of benzene rings is 2. The maximum atomic E-state index is 12.4. The summed E-state index contributed by atoms with van der Waals surface area (Å²) >= 11 is 0. The van der Waals surface area contributed by atoms with Crippen LogP contribution in [0.15, 0.2) is 41.3 Å². The Hall–Kier alpha value is -2.18. The van der Waals surface area contributed by atoms with Gasteiger partial charge in [0.05, 0.1) is 11.4 Å². The number of hydrogen-bond donors (Lipinski definition) is 2. The number of carbonyl (C=O) groups excluding carboxylic acids is 1. The summed E-state index contributed by atoms with van der Waals surface area (Å²) in [7, 11) is -3.31. The SMILES string of the molecule is Cc1ccc(S(C)(=O)=O)cc1NC(=O)CNC(C)c1ccc2c(c1)CCCC2. The van der Waals surface area contributed by atoms with Gasteiger partial charge in [0.25, 0.3) is 0 Å². The normalized spacial score (nSPS) is 15.0. The van der Waals surface area contributed by atoms with Crippen LogP contribution in [0, 0.1) is 6.92 Å². The van der Waals surface area contributed by atoms with Crippen molar-refractivity contribution in [3.05, 3.63) is 58.7 Å². The van der Waals surface area contributed by atoms with E-state index >= 15 is 0 Å². The number of anilines is 1. The van der Waals surface area contributed by atoms with Crippen molar-refractivity contribution in [1.82, 2.24) is 5.32 Å². The van der Waals surface area contributed by atoms with E-state index in [2.05, 4.69) is 28.8 Å². The van der Waals surface area contributed by atoms with E-state index < -0.39 is 9.84 Å². The molecule has 1 unspecified atom stereocenters. The number of amides is 1. The van der Waals surface area contributed by atoms with Crippen molar-refractivity contribution in [3.8, 4) is 0 Å². The Morgan fingerprint density at radius 3 is 2.50 bits per heavy atom. The fourth-order valence-corrected chi connectivity index (χ4v) is 4.19. The molecule has 1 atom stereocenters. The number of fused-ring (bicyclic) bond motifs is 1. The Balaban J connectivity index is 1.61. The van der Waals surface area contributed by atoms with Gasteiger partial charge >= 0.3 is 0 Å². The molecule has 5 nitrogen and oxygen atoms in total. The lowest BCUT2D eigenvalue weighted by Gasteiger charge is -2.20. The summed E-state index contributed by atoms with van der Waals surface area (Å²) in [4.78, 5) is 12.6. The first kappa shape index (κ1) is 20.6. The highest BCUT2D eigenvalue weighted by Gasteiger charge is 2.14. The molecule has 150 valence electrons. The molecule has 0 aliphatic heterocycles. The van der Waals surface area contributed by atoms with E-state index in [0.29, 0.717) is 5.69 Å². The van der Waals surface area contributed by atoms with Gasteiger partial charge in [-0.3, -0.25) is 4.79 Å². The molecule has 6 heteroatoms. The summed E-state index contributed by atoms with van der Waals surface area (Å²) in [6.45, 7) is 4.04. The molecule has 28 heavy (non-hydrogen) atoms. The Morgan fingerprint density at radius 2 is 1.79 bits per heavy atom. The number of aryl methyl sites for hydroxylation is 3. The van der Waals surface area contributed by atoms with Gasteiger partial charge in [0.1, 0.15) is 0 Å². The smallest absolute Gasteiger partial charge is 0.238 e. The fraction of sp³-hybridized carbons (Fsp3) is 0.409. The molecule has 0 spiro atoms. The first-order chi connectivity index (χ1) is 13.2. The maximum absolute atomic E-state index is 12.4. The summed E-state index contributed by atoms with van der Waals surface area (Å²) < 4.78 is 23.5. The molecule has 1 amide bonds. The molecule has 0 saturated carbocycles. The third kappa shape index (κ3) is 5.00. The molecule has 3 rings (SSSR count). The molecule has 2 aromatic rings. The molecule has 0 saturated heterocycles. The first-order valence-corrected chi connectivity index (χ1v) is 11.6. The van der Waals surface area contributed by atoms with E-state index in [1.54, 1.807) is 12.1 Å². The summed E-state index contributed by atoms with van der Waals surface area (Å²) in [5, 5.41) is 6.07. The van der Waals surface area contributed by atoms with Crippen LogP contribution in [0.3, 0.4) is 0 Å². The van der Waals surface area contributed by atoms with Crippen LogP contribution in [0.1, 0.15) is 48.1 Å². The van der Waals surface area contributed by atoms with E-state index in [9.17, 15) is 13.2 Å². The van der Waals surface area contributed by atoms with Gasteiger partial charge in [0.15, 0.2) is 9.84 Å². The highest BCUT2D eigenvalue weighted by molar-refractivity contribution is 7.90. The molecule has 0 fully saturated rings. The average molecular weight is 401 g/mol. The van der Waals surface area contributed by atoms with Crippen molar-refractivity contribution < 1.29 is 13.2 Å². The van der Waals surface area contributed by atoms with Gasteiger partial charge in [-0.1, -0.05) is 24.3 Å². The third-order valence-corrected chi connectivity index (χ3v) is 6.46. The van der Waals surface area contributed by atoms with Gasteiger partial charge in [-0.25, -0.2) is 8.42 Å². The summed E-state index contributed by atoms with van der Waals surface area (Å²) in [6, 6.07) is 11.4. The number of sulfone groups is 1. The van der Waals surface area contributed by atoms with E-state index in [1.165, 1.54) is 35.6 Å². The maximum Gasteiger partial charge on any atom is 0.238 e. The standard InChI is InChI=1S/C22H28N2O3S/c1-15-8-11-20(28(3,26)27)13-21(15)24-22(25)14-23-16(2)18-10-9-17-6-4-5-7-19(17)12-18/h8-13,16,23H,4-7,14H2,1-3H3,(H,24,25). The lowest BCUT2D eigenvalue weighted by atomic mass is 9.89. The summed E-state index contributed by atoms with van der Waals surface area (Å²) in [6.07, 6.45) is 5.95. The lowest BCUT2D eigenvalue weighted by molar-refractivity contribution is -0.115. The van der Waals surface area contributed by atoms with Crippen molar-refractivity contribution in [1.29, 1.82) is 0 Å². The van der Waals surface area contributed by atoms with Crippen molar-refractivity contribution in [3.63, 3.8) is 0 Å². The molecular formula is C22H28N2O3S. The second-order valence-corrected chi connectivity index (χ2v) is 9.65. The van der Waals surface area contributed by atoms with E-state index in [1.807, 2.05) is 13.8 Å². The van der Waals surface area contributed by atoms with Crippen LogP contribution in [-0.4, -0.2) is 27.1 Å². The summed E-state index contributed by atoms with van der Waals surface area (Å²) in [5.74, 6) is -0.196. The highest BCUT2D eigenvalue weighted by Crippen LogP contribution is 2.25. The zero-order chi connectivity index (χ0) is 20.3. The van der Waals surface area contributed by atoms with Gasteiger partial charge in [-0.15, -0.1) is 0 Å². The van der Waals surface area contributed by atoms with Crippen LogP contribution in [0.25, 0.3) is 0 Å². The molecule has 2 N–H and O–H groups in total. The predicted octanol–water partition coefficient (Wildman–Crippen LogP) is 3.57. The molecule has 2 aromatic carbocycles. The van der Waals surface area contributed by atoms with Crippen LogP contribution in [0.5, 0.6) is 0 Å². The topological polar surface area (TPSA) is 75.3 Å². The lowest BCUT2D eigenvalue weighted by Crippen LogP contribution is -2.30. The van der Waals surface area contributed by atoms with Crippen LogP contribution in [0.2, 0.25) is 0 Å². The van der Waals surface area contributed by atoms with Crippen LogP contribution >= 0.6 is 0 Å². The Kier molecular flexibility index (Phi) is 6.20. The molecular weight excluding hydrogens is 372 g/mol. The number of hydrogen-bond acceptors (Lipinski definition) is 4. The van der Waals surface area contributed by atoms with Crippen molar-refractivity contribution in [2.75, 3.05) is 18.1 Å². The first-order valence-electron chi connectivity index (χ1n) is 9.69. The van der Waals surface area contributed by atoms with Crippen molar-refractivity contribution >= 4 is 21.4 Å². The molecule has 0 aromatic heterocycles. The van der Waals surface area contributed by atoms with Crippen molar-refractivity contribution in [2.45, 2.75) is 50.5 Å². The van der Waals surface area contributed by atoms with Gasteiger partial charge < -0.3 is 10.6 Å². The van der Waals surface area contributed by atoms with Crippen LogP contribution in [-0.2, 0) is 27.5 Å². The second kappa shape index (κ2) is 8.45. The minimum atomic E-state index is -3.31. The number of nitrogens with one attached hydrogen (secondary N) is 2. The molecule has 1 aliphatic carbocycles. The number of rotatable bonds is 6. The van der Waals surface area contributed by atoms with Crippen LogP contribution in [0.4, 0.5) is 5.69 Å². The summed E-state index contributed by atoms with van der Waals surface area (Å²) in [5.41, 5.74) is 5.40. The van der Waals surface area contributed by atoms with Gasteiger partial charge in [0, 0.05) is 18.0 Å². The average Bonchev–Trinajstić information content (AvgIpc) is 2.66. The highest BCUT2D eigenvalue weighted by atomic mass is 32.2. The van der Waals surface area contributed by atoms with Gasteiger partial charge in [-0.2, -0.15) is 0 Å². The zero-order valence-corrected chi connectivity index (χ0v) is 17.5. The minimum Gasteiger partial charge on any atom is -0.325 e. The van der Waals surface area contributed by atoms with E-state index in [0.717, 1.165) is 24.7 Å². The van der Waals surface area contributed by atoms with Gasteiger partial charge in [0.2, 0.25) is 5.91 Å².